The van der Waals surface area contributed by atoms with E-state index in [0.717, 1.165) is 13.0 Å². The van der Waals surface area contributed by atoms with Gasteiger partial charge in [-0.25, -0.2) is 0 Å². The summed E-state index contributed by atoms with van der Waals surface area (Å²) < 4.78 is 0. The number of ketones is 1. The number of hydrogen-bond donors (Lipinski definition) is 0. The standard InChI is InChI=1S/C9H17NO/c1-7(2)9(11)8-5-4-6-10(8)3/h7-8H,4-6H2,1-3H3. The van der Waals surface area contributed by atoms with E-state index in [1.54, 1.807) is 0 Å². The average molecular weight is 155 g/mol. The Kier molecular flexibility index (Phi) is 2.66. The Hall–Kier alpha value is -0.370. The Bertz CT molecular complexity index is 154. The summed E-state index contributed by atoms with van der Waals surface area (Å²) in [4.78, 5) is 13.7. The average Bonchev–Trinajstić information content (AvgIpc) is 2.33. The largest absolute Gasteiger partial charge is 0.298 e. The van der Waals surface area contributed by atoms with Crippen LogP contribution in [0.4, 0.5) is 0 Å². The van der Waals surface area contributed by atoms with Crippen molar-refractivity contribution in [2.24, 2.45) is 5.92 Å². The van der Waals surface area contributed by atoms with Gasteiger partial charge in [0.05, 0.1) is 6.04 Å². The fraction of sp³-hybridized carbons (Fsp3) is 0.889. The molecule has 0 bridgehead atoms. The molecule has 1 saturated heterocycles. The van der Waals surface area contributed by atoms with Crippen LogP contribution in [0, 0.1) is 5.92 Å². The highest BCUT2D eigenvalue weighted by Gasteiger charge is 2.28. The van der Waals surface area contributed by atoms with Gasteiger partial charge >= 0.3 is 0 Å². The van der Waals surface area contributed by atoms with Crippen LogP contribution in [-0.4, -0.2) is 30.3 Å². The van der Waals surface area contributed by atoms with Gasteiger partial charge in [0.1, 0.15) is 0 Å². The zero-order valence-corrected chi connectivity index (χ0v) is 7.63. The SMILES string of the molecule is CC(C)C(=O)C1CCCN1C. The molecule has 0 saturated carbocycles. The molecule has 64 valence electrons. The van der Waals surface area contributed by atoms with Gasteiger partial charge in [-0.15, -0.1) is 0 Å². The van der Waals surface area contributed by atoms with Gasteiger partial charge < -0.3 is 0 Å². The van der Waals surface area contributed by atoms with Crippen LogP contribution in [0.5, 0.6) is 0 Å². The van der Waals surface area contributed by atoms with E-state index in [9.17, 15) is 4.79 Å². The van der Waals surface area contributed by atoms with Crippen LogP contribution in [-0.2, 0) is 4.79 Å². The number of rotatable bonds is 2. The third kappa shape index (κ3) is 1.80. The molecule has 1 aliphatic heterocycles. The number of likely N-dealkylation sites (N-methyl/N-ethyl adjacent to an activating group) is 1. The Balaban J connectivity index is 2.53. The normalized spacial score (nSPS) is 26.4. The van der Waals surface area contributed by atoms with Gasteiger partial charge in [0.2, 0.25) is 0 Å². The molecule has 0 aliphatic carbocycles. The molecule has 1 rings (SSSR count). The minimum absolute atomic E-state index is 0.195. The minimum atomic E-state index is 0.195. The lowest BCUT2D eigenvalue weighted by atomic mass is 10.0. The van der Waals surface area contributed by atoms with Gasteiger partial charge in [0.15, 0.2) is 5.78 Å². The van der Waals surface area contributed by atoms with Crippen molar-refractivity contribution in [3.8, 4) is 0 Å². The molecule has 1 unspecified atom stereocenters. The predicted octanol–water partition coefficient (Wildman–Crippen LogP) is 1.31. The Morgan fingerprint density at radius 3 is 2.55 bits per heavy atom. The second-order valence-corrected chi connectivity index (χ2v) is 3.70. The smallest absolute Gasteiger partial charge is 0.152 e. The van der Waals surface area contributed by atoms with E-state index in [-0.39, 0.29) is 12.0 Å². The molecule has 1 fully saturated rings. The van der Waals surface area contributed by atoms with Gasteiger partial charge in [-0.3, -0.25) is 9.69 Å². The number of Topliss-reactive ketones (excluding diaryl/α,β-unsaturated/α-hetero) is 1. The van der Waals surface area contributed by atoms with Gasteiger partial charge in [-0.1, -0.05) is 13.8 Å². The predicted molar refractivity (Wildman–Crippen MR) is 45.5 cm³/mol. The lowest BCUT2D eigenvalue weighted by molar-refractivity contribution is -0.125. The summed E-state index contributed by atoms with van der Waals surface area (Å²) >= 11 is 0. The molecule has 1 heterocycles. The maximum Gasteiger partial charge on any atom is 0.152 e. The van der Waals surface area contributed by atoms with Gasteiger partial charge in [-0.2, -0.15) is 0 Å². The lowest BCUT2D eigenvalue weighted by Crippen LogP contribution is -2.35. The molecule has 0 aromatic rings. The van der Waals surface area contributed by atoms with Gasteiger partial charge in [0, 0.05) is 5.92 Å². The van der Waals surface area contributed by atoms with Crippen LogP contribution < -0.4 is 0 Å². The number of nitrogens with zero attached hydrogens (tertiary/aromatic N) is 1. The van der Waals surface area contributed by atoms with Crippen LogP contribution in [0.3, 0.4) is 0 Å². The molecule has 1 aliphatic rings. The fourth-order valence-corrected chi connectivity index (χ4v) is 1.65. The van der Waals surface area contributed by atoms with Gasteiger partial charge in [-0.05, 0) is 26.4 Å². The molecule has 1 atom stereocenters. The quantitative estimate of drug-likeness (QED) is 0.599. The zero-order valence-electron chi connectivity index (χ0n) is 7.63. The highest BCUT2D eigenvalue weighted by molar-refractivity contribution is 5.85. The van der Waals surface area contributed by atoms with Crippen LogP contribution in [0.2, 0.25) is 0 Å². The zero-order chi connectivity index (χ0) is 8.43. The maximum absolute atomic E-state index is 11.5. The second kappa shape index (κ2) is 3.35. The van der Waals surface area contributed by atoms with E-state index < -0.39 is 0 Å². The van der Waals surface area contributed by atoms with Crippen molar-refractivity contribution in [2.75, 3.05) is 13.6 Å². The van der Waals surface area contributed by atoms with E-state index in [1.807, 2.05) is 20.9 Å². The van der Waals surface area contributed by atoms with Crippen LogP contribution in [0.25, 0.3) is 0 Å². The molecular weight excluding hydrogens is 138 g/mol. The van der Waals surface area contributed by atoms with E-state index >= 15 is 0 Å². The molecule has 11 heavy (non-hydrogen) atoms. The number of carbonyl (C=O) groups is 1. The number of hydrogen-bond acceptors (Lipinski definition) is 2. The van der Waals surface area contributed by atoms with E-state index in [2.05, 4.69) is 4.90 Å². The van der Waals surface area contributed by atoms with Gasteiger partial charge in [0.25, 0.3) is 0 Å². The van der Waals surface area contributed by atoms with Crippen molar-refractivity contribution < 1.29 is 4.79 Å². The summed E-state index contributed by atoms with van der Waals surface area (Å²) in [6.45, 7) is 5.05. The van der Waals surface area contributed by atoms with Crippen molar-refractivity contribution in [2.45, 2.75) is 32.7 Å². The third-order valence-corrected chi connectivity index (χ3v) is 2.42. The van der Waals surface area contributed by atoms with Crippen molar-refractivity contribution in [3.63, 3.8) is 0 Å². The van der Waals surface area contributed by atoms with Crippen molar-refractivity contribution >= 4 is 5.78 Å². The van der Waals surface area contributed by atoms with Crippen molar-refractivity contribution in [3.05, 3.63) is 0 Å². The summed E-state index contributed by atoms with van der Waals surface area (Å²) in [6, 6.07) is 0.218. The molecule has 0 radical (unpaired) electrons. The molecule has 2 nitrogen and oxygen atoms in total. The highest BCUT2D eigenvalue weighted by Crippen LogP contribution is 2.18. The number of likely N-dealkylation sites (tertiary alicyclic amines) is 1. The highest BCUT2D eigenvalue weighted by atomic mass is 16.1. The third-order valence-electron chi connectivity index (χ3n) is 2.42. The first-order valence-electron chi connectivity index (χ1n) is 4.37. The Morgan fingerprint density at radius 2 is 2.18 bits per heavy atom. The first kappa shape index (κ1) is 8.72. The maximum atomic E-state index is 11.5. The molecule has 2 heteroatoms. The van der Waals surface area contributed by atoms with Crippen LogP contribution >= 0.6 is 0 Å². The molecule has 0 amide bonds. The first-order chi connectivity index (χ1) is 5.13. The van der Waals surface area contributed by atoms with Crippen LogP contribution in [0.1, 0.15) is 26.7 Å². The van der Waals surface area contributed by atoms with Crippen molar-refractivity contribution in [1.29, 1.82) is 0 Å². The summed E-state index contributed by atoms with van der Waals surface area (Å²) in [5.74, 6) is 0.602. The molecule has 0 aromatic heterocycles. The minimum Gasteiger partial charge on any atom is -0.298 e. The monoisotopic (exact) mass is 155 g/mol. The fourth-order valence-electron chi connectivity index (χ4n) is 1.65. The Labute approximate surface area is 68.6 Å². The first-order valence-corrected chi connectivity index (χ1v) is 4.37. The molecular formula is C9H17NO. The topological polar surface area (TPSA) is 20.3 Å². The van der Waals surface area contributed by atoms with Crippen LogP contribution in [0.15, 0.2) is 0 Å². The van der Waals surface area contributed by atoms with E-state index in [4.69, 9.17) is 0 Å². The number of carbonyl (C=O) groups excluding carboxylic acids is 1. The van der Waals surface area contributed by atoms with E-state index in [1.165, 1.54) is 6.42 Å². The summed E-state index contributed by atoms with van der Waals surface area (Å²) in [5.41, 5.74) is 0. The molecule has 0 aromatic carbocycles. The summed E-state index contributed by atoms with van der Waals surface area (Å²) in [7, 11) is 2.04. The molecule has 0 spiro atoms. The van der Waals surface area contributed by atoms with E-state index in [0.29, 0.717) is 5.78 Å². The summed E-state index contributed by atoms with van der Waals surface area (Å²) in [6.07, 6.45) is 2.24. The molecule has 0 N–H and O–H groups in total. The second-order valence-electron chi connectivity index (χ2n) is 3.70. The van der Waals surface area contributed by atoms with Crippen molar-refractivity contribution in [1.82, 2.24) is 4.90 Å². The summed E-state index contributed by atoms with van der Waals surface area (Å²) in [5, 5.41) is 0. The lowest BCUT2D eigenvalue weighted by Gasteiger charge is -2.19. The Morgan fingerprint density at radius 1 is 1.55 bits per heavy atom.